The first-order valence-electron chi connectivity index (χ1n) is 6.41. The van der Waals surface area contributed by atoms with Crippen molar-refractivity contribution in [2.75, 3.05) is 20.5 Å². The van der Waals surface area contributed by atoms with Gasteiger partial charge in [0.05, 0.1) is 20.3 Å². The van der Waals surface area contributed by atoms with Gasteiger partial charge < -0.3 is 14.8 Å². The molecule has 1 rings (SSSR count). The topological polar surface area (TPSA) is 81.7 Å². The van der Waals surface area contributed by atoms with Crippen LogP contribution in [-0.4, -0.2) is 40.1 Å². The average Bonchev–Trinajstić information content (AvgIpc) is 2.44. The Hall–Kier alpha value is -1.76. The molecule has 1 aromatic carbocycles. The second kappa shape index (κ2) is 6.80. The van der Waals surface area contributed by atoms with Gasteiger partial charge in [0.1, 0.15) is 16.7 Å². The van der Waals surface area contributed by atoms with Crippen molar-refractivity contribution in [1.82, 2.24) is 5.32 Å². The van der Waals surface area contributed by atoms with Gasteiger partial charge in [-0.15, -0.1) is 0 Å². The van der Waals surface area contributed by atoms with E-state index >= 15 is 0 Å². The molecule has 6 nitrogen and oxygen atoms in total. The molecule has 0 saturated carbocycles. The van der Waals surface area contributed by atoms with Gasteiger partial charge in [-0.3, -0.25) is 4.79 Å². The van der Waals surface area contributed by atoms with Gasteiger partial charge in [0.2, 0.25) is 5.91 Å². The Bertz CT molecular complexity index is 612. The van der Waals surface area contributed by atoms with Crippen molar-refractivity contribution < 1.29 is 22.7 Å². The number of amides is 1. The summed E-state index contributed by atoms with van der Waals surface area (Å²) in [6, 6.07) is 4.81. The summed E-state index contributed by atoms with van der Waals surface area (Å²) in [7, 11) is -0.357. The predicted octanol–water partition coefficient (Wildman–Crippen LogP) is 1.31. The zero-order valence-corrected chi connectivity index (χ0v) is 13.7. The Kier molecular flexibility index (Phi) is 5.60. The van der Waals surface area contributed by atoms with Gasteiger partial charge in [-0.25, -0.2) is 8.42 Å². The van der Waals surface area contributed by atoms with Crippen molar-refractivity contribution in [2.45, 2.75) is 25.1 Å². The fraction of sp³-hybridized carbons (Fsp3) is 0.500. The summed E-state index contributed by atoms with van der Waals surface area (Å²) in [6.45, 7) is 3.12. The fourth-order valence-electron chi connectivity index (χ4n) is 1.78. The van der Waals surface area contributed by atoms with Gasteiger partial charge in [0, 0.05) is 11.8 Å². The summed E-state index contributed by atoms with van der Waals surface area (Å²) < 4.78 is 33.2. The molecule has 0 radical (unpaired) electrons. The molecule has 0 aliphatic rings. The average molecular weight is 315 g/mol. The molecule has 0 bridgehead atoms. The van der Waals surface area contributed by atoms with Crippen LogP contribution in [0.2, 0.25) is 0 Å². The van der Waals surface area contributed by atoms with E-state index in [1.807, 2.05) is 0 Å². The molecule has 7 heteroatoms. The molecule has 0 fully saturated rings. The third-order valence-corrected chi connectivity index (χ3v) is 4.77. The van der Waals surface area contributed by atoms with E-state index in [0.29, 0.717) is 17.1 Å². The van der Waals surface area contributed by atoms with Crippen molar-refractivity contribution >= 4 is 15.7 Å². The number of hydrogen-bond acceptors (Lipinski definition) is 5. The smallest absolute Gasteiger partial charge is 0.238 e. The molecular formula is C14H21NO5S. The minimum atomic E-state index is -3.43. The Morgan fingerprint density at radius 3 is 2.29 bits per heavy atom. The van der Waals surface area contributed by atoms with Crippen molar-refractivity contribution in [1.29, 1.82) is 0 Å². The van der Waals surface area contributed by atoms with Gasteiger partial charge in [-0.1, -0.05) is 0 Å². The highest BCUT2D eigenvalue weighted by atomic mass is 32.2. The Morgan fingerprint density at radius 1 is 1.19 bits per heavy atom. The number of carbonyl (C=O) groups excluding carboxylic acids is 1. The number of rotatable bonds is 6. The fourth-order valence-corrected chi connectivity index (χ4v) is 2.24. The van der Waals surface area contributed by atoms with Gasteiger partial charge in [0.25, 0.3) is 0 Å². The molecule has 0 aromatic heterocycles. The largest absolute Gasteiger partial charge is 0.497 e. The number of nitrogens with one attached hydrogen (secondary N) is 1. The third kappa shape index (κ3) is 4.35. The molecule has 0 spiro atoms. The van der Waals surface area contributed by atoms with Gasteiger partial charge >= 0.3 is 0 Å². The van der Waals surface area contributed by atoms with Crippen molar-refractivity contribution in [3.8, 4) is 11.5 Å². The monoisotopic (exact) mass is 315 g/mol. The summed E-state index contributed by atoms with van der Waals surface area (Å²) in [5, 5.41) is 1.57. The number of sulfone groups is 1. The summed E-state index contributed by atoms with van der Waals surface area (Å²) in [5.74, 6) is 0.675. The molecular weight excluding hydrogens is 294 g/mol. The van der Waals surface area contributed by atoms with Crippen molar-refractivity contribution in [2.24, 2.45) is 0 Å². The van der Waals surface area contributed by atoms with E-state index in [0.717, 1.165) is 6.26 Å². The number of ether oxygens (including phenoxy) is 2. The van der Waals surface area contributed by atoms with Crippen LogP contribution in [0.15, 0.2) is 18.2 Å². The van der Waals surface area contributed by atoms with Crippen LogP contribution in [0, 0.1) is 0 Å². The van der Waals surface area contributed by atoms with Crippen molar-refractivity contribution in [3.05, 3.63) is 23.8 Å². The normalized spacial score (nSPS) is 14.1. The summed E-state index contributed by atoms with van der Waals surface area (Å²) in [6.07, 6.45) is 1.04. The van der Waals surface area contributed by atoms with E-state index < -0.39 is 27.0 Å². The lowest BCUT2D eigenvalue weighted by Gasteiger charge is -2.20. The number of benzene rings is 1. The molecule has 2 atom stereocenters. The molecule has 0 aliphatic heterocycles. The molecule has 1 N–H and O–H groups in total. The Morgan fingerprint density at radius 2 is 1.81 bits per heavy atom. The lowest BCUT2D eigenvalue weighted by atomic mass is 10.1. The quantitative estimate of drug-likeness (QED) is 0.856. The first-order chi connectivity index (χ1) is 9.70. The third-order valence-electron chi connectivity index (χ3n) is 3.27. The highest BCUT2D eigenvalue weighted by molar-refractivity contribution is 7.92. The van der Waals surface area contributed by atoms with E-state index in [9.17, 15) is 13.2 Å². The molecule has 0 heterocycles. The van der Waals surface area contributed by atoms with E-state index in [4.69, 9.17) is 9.47 Å². The minimum absolute atomic E-state index is 0.410. The van der Waals surface area contributed by atoms with Crippen LogP contribution < -0.4 is 14.8 Å². The molecule has 1 aromatic rings. The number of methoxy groups -OCH3 is 2. The van der Waals surface area contributed by atoms with Gasteiger partial charge in [0.15, 0.2) is 9.84 Å². The summed E-state index contributed by atoms with van der Waals surface area (Å²) in [4.78, 5) is 12.0. The highest BCUT2D eigenvalue weighted by Gasteiger charge is 2.25. The Balaban J connectivity index is 2.98. The van der Waals surface area contributed by atoms with Crippen LogP contribution >= 0.6 is 0 Å². The number of hydrogen-bond donors (Lipinski definition) is 1. The first kappa shape index (κ1) is 17.3. The van der Waals surface area contributed by atoms with Crippen molar-refractivity contribution in [3.63, 3.8) is 0 Å². The van der Waals surface area contributed by atoms with Crippen LogP contribution in [0.3, 0.4) is 0 Å². The molecule has 21 heavy (non-hydrogen) atoms. The zero-order valence-electron chi connectivity index (χ0n) is 12.8. The Labute approximate surface area is 125 Å². The van der Waals surface area contributed by atoms with Gasteiger partial charge in [-0.05, 0) is 32.0 Å². The molecule has 0 unspecified atom stereocenters. The van der Waals surface area contributed by atoms with E-state index in [1.165, 1.54) is 14.0 Å². The lowest BCUT2D eigenvalue weighted by Crippen LogP contribution is -2.38. The first-order valence-corrected chi connectivity index (χ1v) is 8.37. The van der Waals surface area contributed by atoms with Crippen LogP contribution in [0.5, 0.6) is 11.5 Å². The summed E-state index contributed by atoms with van der Waals surface area (Å²) in [5.41, 5.74) is 0.714. The van der Waals surface area contributed by atoms with Crippen LogP contribution in [-0.2, 0) is 14.6 Å². The van der Waals surface area contributed by atoms with E-state index in [-0.39, 0.29) is 0 Å². The maximum absolute atomic E-state index is 12.0. The summed E-state index contributed by atoms with van der Waals surface area (Å²) >= 11 is 0. The highest BCUT2D eigenvalue weighted by Crippen LogP contribution is 2.29. The van der Waals surface area contributed by atoms with Crippen LogP contribution in [0.4, 0.5) is 0 Å². The van der Waals surface area contributed by atoms with E-state index in [1.54, 1.807) is 32.2 Å². The minimum Gasteiger partial charge on any atom is -0.497 e. The second-order valence-electron chi connectivity index (χ2n) is 4.81. The lowest BCUT2D eigenvalue weighted by molar-refractivity contribution is -0.121. The van der Waals surface area contributed by atoms with Gasteiger partial charge in [-0.2, -0.15) is 0 Å². The SMILES string of the molecule is COc1ccc(OC)c([C@H](C)NC(=O)[C@H](C)S(C)(=O)=O)c1. The van der Waals surface area contributed by atoms with E-state index in [2.05, 4.69) is 5.32 Å². The zero-order chi connectivity index (χ0) is 16.2. The predicted molar refractivity (Wildman–Crippen MR) is 80.4 cm³/mol. The molecule has 118 valence electrons. The van der Waals surface area contributed by atoms with Crippen LogP contribution in [0.1, 0.15) is 25.5 Å². The van der Waals surface area contributed by atoms with Crippen LogP contribution in [0.25, 0.3) is 0 Å². The molecule has 0 aliphatic carbocycles. The maximum atomic E-state index is 12.0. The maximum Gasteiger partial charge on any atom is 0.238 e. The molecule has 1 amide bonds. The molecule has 0 saturated heterocycles. The second-order valence-corrected chi connectivity index (χ2v) is 7.18. The standard InChI is InChI=1S/C14H21NO5S/c1-9(15-14(16)10(2)21(5,17)18)12-8-11(19-3)6-7-13(12)20-4/h6-10H,1-5H3,(H,15,16)/t9-,10-/m0/s1. The number of carbonyl (C=O) groups is 1.